The van der Waals surface area contributed by atoms with Crippen LogP contribution in [0.4, 0.5) is 0 Å². The molecule has 0 fully saturated rings. The molecule has 0 unspecified atom stereocenters. The van der Waals surface area contributed by atoms with Crippen molar-refractivity contribution < 1.29 is 9.47 Å². The van der Waals surface area contributed by atoms with E-state index >= 15 is 0 Å². The highest BCUT2D eigenvalue weighted by Crippen LogP contribution is 2.35. The third kappa shape index (κ3) is 6.03. The molecular formula is C25H29Br2N3O3. The van der Waals surface area contributed by atoms with Crippen LogP contribution in [0.2, 0.25) is 0 Å². The lowest BCUT2D eigenvalue weighted by atomic mass is 9.98. The van der Waals surface area contributed by atoms with Gasteiger partial charge in [-0.25, -0.2) is 4.98 Å². The smallest absolute Gasteiger partial charge is 0.282 e. The van der Waals surface area contributed by atoms with Gasteiger partial charge in [-0.2, -0.15) is 9.78 Å². The second-order valence-electron chi connectivity index (χ2n) is 9.18. The van der Waals surface area contributed by atoms with Crippen LogP contribution < -0.4 is 15.0 Å². The predicted molar refractivity (Wildman–Crippen MR) is 141 cm³/mol. The van der Waals surface area contributed by atoms with Crippen LogP contribution in [0.3, 0.4) is 0 Å². The number of nitrogens with zero attached hydrogens (tertiary/aromatic N) is 3. The molecular weight excluding hydrogens is 550 g/mol. The van der Waals surface area contributed by atoms with Gasteiger partial charge in [0.2, 0.25) is 0 Å². The summed E-state index contributed by atoms with van der Waals surface area (Å²) in [6, 6.07) is 9.25. The van der Waals surface area contributed by atoms with E-state index in [4.69, 9.17) is 14.5 Å². The lowest BCUT2D eigenvalue weighted by molar-refractivity contribution is 0.191. The third-order valence-electron chi connectivity index (χ3n) is 5.12. The standard InChI is InChI=1S/C25H29Br2N3O3/c1-7-15(2)23-29-20-9-8-17(26)11-19(20)24(31)30(23)28-13-16-10-18(27)12-21(32-6)22(16)33-14-25(3,4)5/h8-13,15H,7,14H2,1-6H3/t15-/m0/s1. The van der Waals surface area contributed by atoms with Crippen molar-refractivity contribution >= 4 is 49.0 Å². The van der Waals surface area contributed by atoms with Crippen molar-refractivity contribution in [2.24, 2.45) is 10.5 Å². The minimum absolute atomic E-state index is 0.0389. The van der Waals surface area contributed by atoms with Gasteiger partial charge in [-0.1, -0.05) is 66.5 Å². The highest BCUT2D eigenvalue weighted by molar-refractivity contribution is 9.10. The molecule has 0 aliphatic carbocycles. The van der Waals surface area contributed by atoms with E-state index < -0.39 is 0 Å². The SMILES string of the molecule is CC[C@H](C)c1nc2ccc(Br)cc2c(=O)n1N=Cc1cc(Br)cc(OC)c1OCC(C)(C)C. The minimum atomic E-state index is -0.216. The quantitative estimate of drug-likeness (QED) is 0.291. The zero-order chi connectivity index (χ0) is 24.3. The first-order chi connectivity index (χ1) is 15.5. The van der Waals surface area contributed by atoms with Gasteiger partial charge in [0, 0.05) is 20.4 Å². The van der Waals surface area contributed by atoms with Gasteiger partial charge in [-0.05, 0) is 42.2 Å². The zero-order valence-corrected chi connectivity index (χ0v) is 22.9. The van der Waals surface area contributed by atoms with Crippen LogP contribution in [0.5, 0.6) is 11.5 Å². The summed E-state index contributed by atoms with van der Waals surface area (Å²) in [6.45, 7) is 10.9. The van der Waals surface area contributed by atoms with Crippen LogP contribution in [0.1, 0.15) is 58.3 Å². The van der Waals surface area contributed by atoms with Gasteiger partial charge in [-0.3, -0.25) is 4.79 Å². The highest BCUT2D eigenvalue weighted by Gasteiger charge is 2.18. The molecule has 0 bridgehead atoms. The minimum Gasteiger partial charge on any atom is -0.493 e. The predicted octanol–water partition coefficient (Wildman–Crippen LogP) is 6.75. The fourth-order valence-electron chi connectivity index (χ4n) is 3.18. The summed E-state index contributed by atoms with van der Waals surface area (Å²) in [7, 11) is 1.60. The average molecular weight is 579 g/mol. The number of aromatic nitrogens is 2. The molecule has 0 saturated carbocycles. The van der Waals surface area contributed by atoms with Crippen LogP contribution >= 0.6 is 31.9 Å². The number of methoxy groups -OCH3 is 1. The number of fused-ring (bicyclic) bond motifs is 1. The summed E-state index contributed by atoms with van der Waals surface area (Å²) in [5, 5.41) is 5.10. The van der Waals surface area contributed by atoms with Crippen LogP contribution in [0.25, 0.3) is 10.9 Å². The lowest BCUT2D eigenvalue weighted by Gasteiger charge is -2.21. The number of halogens is 2. The number of hydrogen-bond donors (Lipinski definition) is 0. The van der Waals surface area contributed by atoms with Crippen LogP contribution in [-0.4, -0.2) is 29.6 Å². The van der Waals surface area contributed by atoms with E-state index in [0.29, 0.717) is 40.4 Å². The zero-order valence-electron chi connectivity index (χ0n) is 19.8. The second kappa shape index (κ2) is 10.4. The van der Waals surface area contributed by atoms with E-state index in [9.17, 15) is 4.79 Å². The van der Waals surface area contributed by atoms with Crippen molar-refractivity contribution in [3.05, 3.63) is 61.0 Å². The Bertz CT molecular complexity index is 1250. The maximum absolute atomic E-state index is 13.4. The molecule has 0 spiro atoms. The Labute approximate surface area is 211 Å². The van der Waals surface area contributed by atoms with E-state index in [-0.39, 0.29) is 16.9 Å². The molecule has 2 aromatic carbocycles. The summed E-state index contributed by atoms with van der Waals surface area (Å²) >= 11 is 6.97. The molecule has 6 nitrogen and oxygen atoms in total. The lowest BCUT2D eigenvalue weighted by Crippen LogP contribution is -2.24. The largest absolute Gasteiger partial charge is 0.493 e. The van der Waals surface area contributed by atoms with Gasteiger partial charge in [-0.15, -0.1) is 0 Å². The Morgan fingerprint density at radius 3 is 2.55 bits per heavy atom. The highest BCUT2D eigenvalue weighted by atomic mass is 79.9. The molecule has 8 heteroatoms. The molecule has 3 aromatic rings. The number of rotatable bonds is 7. The monoisotopic (exact) mass is 577 g/mol. The van der Waals surface area contributed by atoms with Crippen molar-refractivity contribution in [2.75, 3.05) is 13.7 Å². The second-order valence-corrected chi connectivity index (χ2v) is 11.0. The molecule has 0 aliphatic rings. The fraction of sp³-hybridized carbons (Fsp3) is 0.400. The van der Waals surface area contributed by atoms with E-state index in [1.54, 1.807) is 19.4 Å². The van der Waals surface area contributed by atoms with E-state index in [1.165, 1.54) is 4.68 Å². The topological polar surface area (TPSA) is 65.7 Å². The summed E-state index contributed by atoms with van der Waals surface area (Å²) < 4.78 is 14.7. The van der Waals surface area contributed by atoms with E-state index in [2.05, 4.69) is 64.7 Å². The van der Waals surface area contributed by atoms with Crippen molar-refractivity contribution in [3.63, 3.8) is 0 Å². The van der Waals surface area contributed by atoms with E-state index in [1.807, 2.05) is 31.2 Å². The number of hydrogen-bond acceptors (Lipinski definition) is 5. The Morgan fingerprint density at radius 2 is 1.91 bits per heavy atom. The average Bonchev–Trinajstić information content (AvgIpc) is 2.76. The van der Waals surface area contributed by atoms with Crippen LogP contribution in [0.15, 0.2) is 49.2 Å². The number of benzene rings is 2. The molecule has 0 radical (unpaired) electrons. The molecule has 176 valence electrons. The van der Waals surface area contributed by atoms with Gasteiger partial charge < -0.3 is 9.47 Å². The first-order valence-corrected chi connectivity index (χ1v) is 12.4. The summed E-state index contributed by atoms with van der Waals surface area (Å²) in [5.74, 6) is 1.84. The van der Waals surface area contributed by atoms with Gasteiger partial charge in [0.05, 0.1) is 30.8 Å². The van der Waals surface area contributed by atoms with Crippen LogP contribution in [-0.2, 0) is 0 Å². The van der Waals surface area contributed by atoms with Gasteiger partial charge in [0.25, 0.3) is 5.56 Å². The first kappa shape index (κ1) is 25.4. The Hall–Kier alpha value is -2.19. The Kier molecular flexibility index (Phi) is 8.00. The third-order valence-corrected chi connectivity index (χ3v) is 6.07. The normalized spacial score (nSPS) is 13.0. The molecule has 1 atom stereocenters. The maximum atomic E-state index is 13.4. The van der Waals surface area contributed by atoms with Crippen LogP contribution in [0, 0.1) is 5.41 Å². The van der Waals surface area contributed by atoms with Crippen molar-refractivity contribution in [1.82, 2.24) is 9.66 Å². The summed E-state index contributed by atoms with van der Waals surface area (Å²) in [6.07, 6.45) is 2.46. The molecule has 0 aliphatic heterocycles. The van der Waals surface area contributed by atoms with E-state index in [0.717, 1.165) is 15.4 Å². The molecule has 33 heavy (non-hydrogen) atoms. The molecule has 3 rings (SSSR count). The van der Waals surface area contributed by atoms with Crippen molar-refractivity contribution in [1.29, 1.82) is 0 Å². The van der Waals surface area contributed by atoms with Crippen molar-refractivity contribution in [2.45, 2.75) is 47.0 Å². The molecule has 0 N–H and O–H groups in total. The first-order valence-electron chi connectivity index (χ1n) is 10.8. The van der Waals surface area contributed by atoms with Gasteiger partial charge in [0.15, 0.2) is 11.5 Å². The van der Waals surface area contributed by atoms with Gasteiger partial charge in [0.1, 0.15) is 5.82 Å². The summed E-state index contributed by atoms with van der Waals surface area (Å²) in [5.41, 5.74) is 1.10. The Balaban J connectivity index is 2.18. The molecule has 1 aromatic heterocycles. The maximum Gasteiger partial charge on any atom is 0.282 e. The molecule has 0 amide bonds. The number of ether oxygens (including phenoxy) is 2. The Morgan fingerprint density at radius 1 is 1.18 bits per heavy atom. The van der Waals surface area contributed by atoms with Crippen molar-refractivity contribution in [3.8, 4) is 11.5 Å². The van der Waals surface area contributed by atoms with Gasteiger partial charge >= 0.3 is 0 Å². The fourth-order valence-corrected chi connectivity index (χ4v) is 3.99. The molecule has 0 saturated heterocycles. The molecule has 1 heterocycles. The summed E-state index contributed by atoms with van der Waals surface area (Å²) in [4.78, 5) is 18.2.